The van der Waals surface area contributed by atoms with E-state index in [1.807, 2.05) is 10.9 Å². The Morgan fingerprint density at radius 1 is 0.762 bits per heavy atom. The van der Waals surface area contributed by atoms with E-state index >= 15 is 0 Å². The largest absolute Gasteiger partial charge is 1.00 e. The maximum atomic E-state index is 12.1. The SMILES string of the molecule is CCCCCCCCCCCCCCCCCCNC(=O)OCC(COC(=O)CCC[s+]1ccnc1)NC(=O)OC.[Cl-]. The lowest BCUT2D eigenvalue weighted by Crippen LogP contribution is -3.00. The number of rotatable bonds is 26. The van der Waals surface area contributed by atoms with E-state index in [1.165, 1.54) is 97.0 Å². The number of carbonyl (C=O) groups is 3. The molecule has 0 fully saturated rings. The quantitative estimate of drug-likeness (QED) is 0.0647. The van der Waals surface area contributed by atoms with Crippen LogP contribution in [0.3, 0.4) is 0 Å². The molecule has 2 unspecified atom stereocenters. The van der Waals surface area contributed by atoms with Crippen molar-refractivity contribution < 1.29 is 41.0 Å². The number of thiazole rings is 1. The molecule has 0 bridgehead atoms. The summed E-state index contributed by atoms with van der Waals surface area (Å²) in [6, 6.07) is -0.695. The molecule has 1 rings (SSSR count). The molecule has 0 aliphatic carbocycles. The van der Waals surface area contributed by atoms with Crippen LogP contribution in [0.4, 0.5) is 9.59 Å². The van der Waals surface area contributed by atoms with Gasteiger partial charge in [0.25, 0.3) is 0 Å². The van der Waals surface area contributed by atoms with Crippen molar-refractivity contribution in [2.45, 2.75) is 134 Å². The maximum absolute atomic E-state index is 12.1. The maximum Gasteiger partial charge on any atom is 0.407 e. The molecular formula is C31H56ClN3O6S. The number of aromatic nitrogens is 1. The molecule has 0 radical (unpaired) electrons. The zero-order chi connectivity index (χ0) is 29.8. The average molecular weight is 634 g/mol. The third kappa shape index (κ3) is 24.5. The van der Waals surface area contributed by atoms with E-state index in [0.29, 0.717) is 13.0 Å². The molecule has 2 amide bonds. The zero-order valence-corrected chi connectivity index (χ0v) is 27.6. The van der Waals surface area contributed by atoms with Gasteiger partial charge in [-0.3, -0.25) is 4.79 Å². The number of hydrogen-bond donors (Lipinski definition) is 2. The number of carbonyl (C=O) groups excluding carboxylic acids is 3. The fraction of sp³-hybridized carbons (Fsp3) is 0.806. The summed E-state index contributed by atoms with van der Waals surface area (Å²) < 4.78 is 15.1. The third-order valence-corrected chi connectivity index (χ3v) is 8.57. The van der Waals surface area contributed by atoms with E-state index in [1.54, 1.807) is 6.20 Å². The lowest BCUT2D eigenvalue weighted by molar-refractivity contribution is -0.144. The van der Waals surface area contributed by atoms with E-state index in [9.17, 15) is 14.4 Å². The van der Waals surface area contributed by atoms with E-state index < -0.39 is 18.2 Å². The van der Waals surface area contributed by atoms with Crippen molar-refractivity contribution in [1.82, 2.24) is 15.6 Å². The van der Waals surface area contributed by atoms with Gasteiger partial charge >= 0.3 is 18.2 Å². The van der Waals surface area contributed by atoms with Gasteiger partial charge in [0.2, 0.25) is 5.51 Å². The van der Waals surface area contributed by atoms with Gasteiger partial charge in [0.1, 0.15) is 25.0 Å². The summed E-state index contributed by atoms with van der Waals surface area (Å²) in [5.74, 6) is 0.486. The van der Waals surface area contributed by atoms with Gasteiger partial charge in [-0.2, -0.15) is 0 Å². The predicted octanol–water partition coefficient (Wildman–Crippen LogP) is 4.87. The molecule has 0 aliphatic rings. The molecule has 11 heteroatoms. The molecule has 9 nitrogen and oxygen atoms in total. The Labute approximate surface area is 263 Å². The fourth-order valence-electron chi connectivity index (χ4n) is 4.48. The monoisotopic (exact) mass is 633 g/mol. The van der Waals surface area contributed by atoms with E-state index in [2.05, 4.69) is 27.3 Å². The molecule has 0 saturated heterocycles. The second kappa shape index (κ2) is 29.0. The number of nitrogens with zero attached hydrogens (tertiary/aromatic N) is 1. The number of unbranched alkanes of at least 4 members (excludes halogenated alkanes) is 15. The molecule has 2 atom stereocenters. The predicted molar refractivity (Wildman–Crippen MR) is 165 cm³/mol. The van der Waals surface area contributed by atoms with Crippen molar-refractivity contribution in [3.05, 3.63) is 17.1 Å². The Hall–Kier alpha value is -2.07. The first-order valence-corrected chi connectivity index (χ1v) is 17.4. The first kappa shape index (κ1) is 39.9. The van der Waals surface area contributed by atoms with Crippen LogP contribution in [-0.2, 0) is 24.8 Å². The first-order valence-electron chi connectivity index (χ1n) is 15.8. The summed E-state index contributed by atoms with van der Waals surface area (Å²) in [5, 5.41) is 7.30. The highest BCUT2D eigenvalue weighted by atomic mass is 35.5. The minimum Gasteiger partial charge on any atom is -1.00 e. The van der Waals surface area contributed by atoms with Crippen molar-refractivity contribution in [2.75, 3.05) is 26.9 Å². The van der Waals surface area contributed by atoms with Crippen molar-refractivity contribution in [2.24, 2.45) is 0 Å². The van der Waals surface area contributed by atoms with Gasteiger partial charge in [-0.05, 0) is 16.9 Å². The summed E-state index contributed by atoms with van der Waals surface area (Å²) >= 11 is 0. The molecule has 0 saturated carbocycles. The number of ether oxygens (including phenoxy) is 3. The number of amides is 2. The van der Waals surface area contributed by atoms with Gasteiger partial charge in [0, 0.05) is 13.0 Å². The Kier molecular flexibility index (Phi) is 27.6. The van der Waals surface area contributed by atoms with Crippen LogP contribution in [0.5, 0.6) is 0 Å². The number of methoxy groups -OCH3 is 1. The number of nitrogens with one attached hydrogen (secondary N) is 2. The highest BCUT2D eigenvalue weighted by molar-refractivity contribution is 7.27. The van der Waals surface area contributed by atoms with Gasteiger partial charge in [-0.15, -0.1) is 0 Å². The standard InChI is InChI=1S/C31H55N3O6S.ClH/c1-3-4-5-6-7-8-9-10-11-12-13-14-15-16-17-18-21-33-30(36)40-26-28(34-31(37)38-2)25-39-29(35)20-19-23-41-24-22-32-27-41;/h22,24,27-28H,3-21,23,25-26H2,1-2H3,(H-,33,34,36,37);1H. The molecular weight excluding hydrogens is 578 g/mol. The molecule has 1 aromatic heterocycles. The molecule has 2 N–H and O–H groups in total. The van der Waals surface area contributed by atoms with Gasteiger partial charge in [-0.1, -0.05) is 103 Å². The van der Waals surface area contributed by atoms with Gasteiger partial charge in [0.05, 0.1) is 19.7 Å². The number of halogens is 1. The molecule has 1 heterocycles. The normalized spacial score (nSPS) is 11.7. The number of aryl methyl sites for hydroxylation is 1. The zero-order valence-electron chi connectivity index (χ0n) is 26.0. The van der Waals surface area contributed by atoms with Crippen molar-refractivity contribution in [3.63, 3.8) is 0 Å². The Balaban J connectivity index is 0.0000168. The van der Waals surface area contributed by atoms with Crippen LogP contribution in [0.15, 0.2) is 17.1 Å². The second-order valence-electron chi connectivity index (χ2n) is 10.7. The van der Waals surface area contributed by atoms with Gasteiger partial charge < -0.3 is 37.3 Å². The summed E-state index contributed by atoms with van der Waals surface area (Å²) in [6.07, 6.45) is 22.3. The summed E-state index contributed by atoms with van der Waals surface area (Å²) in [4.78, 5) is 39.8. The van der Waals surface area contributed by atoms with Crippen molar-refractivity contribution in [1.29, 1.82) is 0 Å². The smallest absolute Gasteiger partial charge is 0.407 e. The van der Waals surface area contributed by atoms with Crippen LogP contribution in [-0.4, -0.2) is 56.0 Å². The Bertz CT molecular complexity index is 785. The molecule has 0 aliphatic heterocycles. The minimum atomic E-state index is -0.695. The van der Waals surface area contributed by atoms with Crippen LogP contribution in [0.2, 0.25) is 0 Å². The van der Waals surface area contributed by atoms with Gasteiger partial charge in [0.15, 0.2) is 5.38 Å². The van der Waals surface area contributed by atoms with E-state index in [-0.39, 0.29) is 48.5 Å². The van der Waals surface area contributed by atoms with Crippen molar-refractivity contribution in [3.8, 4) is 0 Å². The lowest BCUT2D eigenvalue weighted by Gasteiger charge is -2.18. The number of hydrogen-bond acceptors (Lipinski definition) is 7. The van der Waals surface area contributed by atoms with E-state index in [4.69, 9.17) is 9.47 Å². The Morgan fingerprint density at radius 3 is 1.83 bits per heavy atom. The number of esters is 1. The molecule has 0 spiro atoms. The lowest BCUT2D eigenvalue weighted by atomic mass is 10.0. The fourth-order valence-corrected chi connectivity index (χ4v) is 5.72. The van der Waals surface area contributed by atoms with Crippen LogP contribution in [0.1, 0.15) is 122 Å². The topological polar surface area (TPSA) is 116 Å². The second-order valence-corrected chi connectivity index (χ2v) is 12.5. The van der Waals surface area contributed by atoms with Crippen LogP contribution in [0, 0.1) is 0 Å². The van der Waals surface area contributed by atoms with Crippen LogP contribution >= 0.6 is 10.5 Å². The molecule has 244 valence electrons. The molecule has 0 aromatic carbocycles. The summed E-state index contributed by atoms with van der Waals surface area (Å²) in [5.41, 5.74) is 1.88. The number of alkyl carbamates (subject to hydrolysis) is 2. The third-order valence-electron chi connectivity index (χ3n) is 6.95. The van der Waals surface area contributed by atoms with Gasteiger partial charge in [-0.25, -0.2) is 14.6 Å². The van der Waals surface area contributed by atoms with E-state index in [0.717, 1.165) is 18.6 Å². The molecule has 1 aromatic rings. The van der Waals surface area contributed by atoms with Crippen LogP contribution in [0.25, 0.3) is 0 Å². The summed E-state index contributed by atoms with van der Waals surface area (Å²) in [7, 11) is 1.24. The first-order chi connectivity index (χ1) is 20.0. The summed E-state index contributed by atoms with van der Waals surface area (Å²) in [6.45, 7) is 2.58. The Morgan fingerprint density at radius 2 is 1.31 bits per heavy atom. The van der Waals surface area contributed by atoms with Crippen molar-refractivity contribution >= 4 is 28.6 Å². The average Bonchev–Trinajstić information content (AvgIpc) is 3.49. The highest BCUT2D eigenvalue weighted by Crippen LogP contribution is 2.18. The minimum absolute atomic E-state index is 0. The molecule has 42 heavy (non-hydrogen) atoms. The van der Waals surface area contributed by atoms with Crippen LogP contribution < -0.4 is 23.0 Å². The highest BCUT2D eigenvalue weighted by Gasteiger charge is 2.18.